The molecule has 0 N–H and O–H groups in total. The molecule has 0 aromatic heterocycles. The van der Waals surface area contributed by atoms with E-state index in [0.717, 1.165) is 0 Å². The van der Waals surface area contributed by atoms with Gasteiger partial charge in [0, 0.05) is 0 Å². The van der Waals surface area contributed by atoms with Crippen molar-refractivity contribution in [1.29, 1.82) is 0 Å². The summed E-state index contributed by atoms with van der Waals surface area (Å²) < 4.78 is 5.32. The zero-order valence-electron chi connectivity index (χ0n) is 10.9. The Hall–Kier alpha value is 0.516. The van der Waals surface area contributed by atoms with Crippen LogP contribution in [0.1, 0.15) is 20.3 Å². The summed E-state index contributed by atoms with van der Waals surface area (Å²) in [6.07, 6.45) is 1.40. The van der Waals surface area contributed by atoms with Crippen LogP contribution in [0.4, 0.5) is 0 Å². The Bertz CT molecular complexity index is 163. The zero-order chi connectivity index (χ0) is 11.3. The van der Waals surface area contributed by atoms with E-state index in [-0.39, 0.29) is 0 Å². The molecule has 4 heteroatoms. The second kappa shape index (κ2) is 6.96. The van der Waals surface area contributed by atoms with Crippen LogP contribution in [0, 0.1) is 0 Å². The minimum atomic E-state index is -1.20. The van der Waals surface area contributed by atoms with E-state index in [4.69, 9.17) is 0 Å². The van der Waals surface area contributed by atoms with Gasteiger partial charge in [-0.25, -0.2) is 0 Å². The molecule has 1 rings (SSSR count). The molecule has 0 spiro atoms. The quantitative estimate of drug-likeness (QED) is 0.669. The van der Waals surface area contributed by atoms with Crippen molar-refractivity contribution in [2.45, 2.75) is 25.2 Å². The summed E-state index contributed by atoms with van der Waals surface area (Å²) in [6, 6.07) is 0. The van der Waals surface area contributed by atoms with Crippen LogP contribution < -0.4 is 0 Å². The van der Waals surface area contributed by atoms with Gasteiger partial charge >= 0.3 is 101 Å². The summed E-state index contributed by atoms with van der Waals surface area (Å²) in [7, 11) is 4.65. The van der Waals surface area contributed by atoms with E-state index in [1.165, 1.54) is 44.1 Å². The molecule has 1 saturated heterocycles. The van der Waals surface area contributed by atoms with Gasteiger partial charge in [-0.2, -0.15) is 0 Å². The van der Waals surface area contributed by atoms with Crippen LogP contribution in [0.25, 0.3) is 0 Å². The Morgan fingerprint density at radius 3 is 2.07 bits per heavy atom. The number of hydrogen-bond donors (Lipinski definition) is 0. The van der Waals surface area contributed by atoms with E-state index < -0.39 is 16.7 Å². The van der Waals surface area contributed by atoms with E-state index >= 15 is 0 Å². The molecule has 1 heterocycles. The molecule has 0 aromatic rings. The first kappa shape index (κ1) is 13.6. The van der Waals surface area contributed by atoms with Gasteiger partial charge in [-0.3, -0.25) is 0 Å². The molecule has 0 saturated carbocycles. The van der Waals surface area contributed by atoms with Crippen molar-refractivity contribution in [3.05, 3.63) is 0 Å². The molecule has 0 unspecified atom stereocenters. The van der Waals surface area contributed by atoms with Gasteiger partial charge in [-0.1, -0.05) is 0 Å². The first-order chi connectivity index (χ1) is 7.19. The van der Waals surface area contributed by atoms with E-state index in [0.29, 0.717) is 0 Å². The summed E-state index contributed by atoms with van der Waals surface area (Å²) in [4.78, 5) is 4.04. The summed E-state index contributed by atoms with van der Waals surface area (Å²) in [5, 5.41) is 0. The van der Waals surface area contributed by atoms with Crippen molar-refractivity contribution in [2.24, 2.45) is 0 Å². The first-order valence-corrected chi connectivity index (χ1v) is 10.2. The number of rotatable bonds is 6. The van der Waals surface area contributed by atoms with Crippen LogP contribution in [-0.4, -0.2) is 75.6 Å². The van der Waals surface area contributed by atoms with E-state index in [9.17, 15) is 0 Å². The first-order valence-electron chi connectivity index (χ1n) is 6.31. The molecule has 0 aromatic carbocycles. The van der Waals surface area contributed by atoms with Crippen LogP contribution in [0.2, 0.25) is 4.98 Å². The number of hydrogen-bond acceptors (Lipinski definition) is 3. The monoisotopic (exact) mass is 269 g/mol. The predicted octanol–water partition coefficient (Wildman–Crippen LogP) is 1.08. The van der Waals surface area contributed by atoms with E-state index in [1.807, 2.05) is 0 Å². The predicted molar refractivity (Wildman–Crippen MR) is 68.2 cm³/mol. The normalized spacial score (nSPS) is 19.4. The summed E-state index contributed by atoms with van der Waals surface area (Å²) in [5.74, 6) is 0. The SMILES string of the molecule is CCN(CC)CC[CH2][Ga]1[N](C)CC[N]1C. The molecule has 0 amide bonds. The van der Waals surface area contributed by atoms with Crippen molar-refractivity contribution in [2.75, 3.05) is 46.8 Å². The Morgan fingerprint density at radius 2 is 1.60 bits per heavy atom. The fraction of sp³-hybridized carbons (Fsp3) is 1.00. The third-order valence-electron chi connectivity index (χ3n) is 3.65. The Kier molecular flexibility index (Phi) is 6.30. The average Bonchev–Trinajstić information content (AvgIpc) is 2.55. The molecule has 1 aliphatic heterocycles. The van der Waals surface area contributed by atoms with Crippen LogP contribution in [-0.2, 0) is 0 Å². The van der Waals surface area contributed by atoms with Crippen molar-refractivity contribution in [3.8, 4) is 0 Å². The Labute approximate surface area is 101 Å². The Balaban J connectivity index is 2.18. The van der Waals surface area contributed by atoms with Crippen molar-refractivity contribution >= 4 is 16.7 Å². The van der Waals surface area contributed by atoms with Gasteiger partial charge in [0.05, 0.1) is 0 Å². The topological polar surface area (TPSA) is 9.72 Å². The fourth-order valence-electron chi connectivity index (χ4n) is 2.43. The molecule has 3 nitrogen and oxygen atoms in total. The van der Waals surface area contributed by atoms with Gasteiger partial charge in [0.15, 0.2) is 0 Å². The van der Waals surface area contributed by atoms with E-state index in [2.05, 4.69) is 40.1 Å². The van der Waals surface area contributed by atoms with Gasteiger partial charge in [0.2, 0.25) is 0 Å². The van der Waals surface area contributed by atoms with Crippen molar-refractivity contribution < 1.29 is 0 Å². The van der Waals surface area contributed by atoms with Crippen LogP contribution in [0.15, 0.2) is 0 Å². The summed E-state index contributed by atoms with van der Waals surface area (Å²) >= 11 is -1.20. The molecule has 0 radical (unpaired) electrons. The molecule has 1 aliphatic rings. The molecule has 88 valence electrons. The molecular weight excluding hydrogens is 244 g/mol. The van der Waals surface area contributed by atoms with Gasteiger partial charge in [-0.05, 0) is 0 Å². The third-order valence-corrected chi connectivity index (χ3v) is 10.9. The maximum absolute atomic E-state index is 2.66. The van der Waals surface area contributed by atoms with Gasteiger partial charge in [0.1, 0.15) is 0 Å². The minimum absolute atomic E-state index is 1.20. The number of nitrogens with zero attached hydrogens (tertiary/aromatic N) is 3. The van der Waals surface area contributed by atoms with Crippen molar-refractivity contribution in [1.82, 2.24) is 12.1 Å². The van der Waals surface area contributed by atoms with Gasteiger partial charge < -0.3 is 0 Å². The van der Waals surface area contributed by atoms with Crippen molar-refractivity contribution in [3.63, 3.8) is 0 Å². The molecule has 0 atom stereocenters. The summed E-state index contributed by atoms with van der Waals surface area (Å²) in [6.45, 7) is 10.9. The molecule has 15 heavy (non-hydrogen) atoms. The molecule has 0 aliphatic carbocycles. The van der Waals surface area contributed by atoms with E-state index in [1.54, 1.807) is 0 Å². The van der Waals surface area contributed by atoms with Crippen LogP contribution in [0.5, 0.6) is 0 Å². The average molecular weight is 270 g/mol. The molecule has 0 bridgehead atoms. The second-order valence-electron chi connectivity index (χ2n) is 4.61. The number of likely N-dealkylation sites (N-methyl/N-ethyl adjacent to an activating group) is 2. The second-order valence-corrected chi connectivity index (χ2v) is 11.5. The van der Waals surface area contributed by atoms with Crippen LogP contribution in [0.3, 0.4) is 0 Å². The standard InChI is InChI=1S/C7H16N.C4H10N2.Ga/c1-4-7-8(5-2)6-3;1-5-3-4-6-2;/h1,4-7H2,2-3H3;3-4H2,1-2H3;/q;-2;+2. The van der Waals surface area contributed by atoms with Gasteiger partial charge in [-0.15, -0.1) is 0 Å². The Morgan fingerprint density at radius 1 is 1.07 bits per heavy atom. The molecule has 1 fully saturated rings. The maximum atomic E-state index is 2.66. The zero-order valence-corrected chi connectivity index (χ0v) is 13.3. The fourth-order valence-corrected chi connectivity index (χ4v) is 8.57. The third kappa shape index (κ3) is 4.11. The molecular formula is C11H26GaN3. The summed E-state index contributed by atoms with van der Waals surface area (Å²) in [5.41, 5.74) is 0. The van der Waals surface area contributed by atoms with Crippen LogP contribution >= 0.6 is 0 Å². The van der Waals surface area contributed by atoms with Gasteiger partial charge in [0.25, 0.3) is 0 Å².